The van der Waals surface area contributed by atoms with Gasteiger partial charge in [-0.1, -0.05) is 42.5 Å². The number of rotatable bonds is 6. The SMILES string of the molecule is Cc1ccc([C@H](NC(=O)C2C[C@H]3C[C@H]3N2C(=O)OCc2ccccc2)C2COC2)c(F)c1. The molecule has 3 aliphatic rings. The monoisotopic (exact) mass is 438 g/mol. The van der Waals surface area contributed by atoms with Crippen molar-refractivity contribution in [3.05, 3.63) is 71.0 Å². The number of carbonyl (C=O) groups is 2. The lowest BCUT2D eigenvalue weighted by Gasteiger charge is -2.36. The maximum Gasteiger partial charge on any atom is 0.411 e. The van der Waals surface area contributed by atoms with Gasteiger partial charge in [0.1, 0.15) is 18.5 Å². The van der Waals surface area contributed by atoms with Gasteiger partial charge in [0.15, 0.2) is 0 Å². The van der Waals surface area contributed by atoms with Gasteiger partial charge in [0.2, 0.25) is 5.91 Å². The Balaban J connectivity index is 1.29. The van der Waals surface area contributed by atoms with E-state index in [0.717, 1.165) is 17.5 Å². The Kier molecular flexibility index (Phi) is 5.59. The van der Waals surface area contributed by atoms with Crippen molar-refractivity contribution in [1.29, 1.82) is 0 Å². The fourth-order valence-corrected chi connectivity index (χ4v) is 4.78. The molecular weight excluding hydrogens is 411 g/mol. The van der Waals surface area contributed by atoms with E-state index in [0.29, 0.717) is 31.1 Å². The van der Waals surface area contributed by atoms with E-state index >= 15 is 0 Å². The number of benzene rings is 2. The van der Waals surface area contributed by atoms with E-state index in [4.69, 9.17) is 9.47 Å². The highest BCUT2D eigenvalue weighted by Crippen LogP contribution is 2.48. The second kappa shape index (κ2) is 8.54. The second-order valence-corrected chi connectivity index (χ2v) is 9.07. The maximum absolute atomic E-state index is 14.7. The topological polar surface area (TPSA) is 67.9 Å². The van der Waals surface area contributed by atoms with Crippen LogP contribution in [0.2, 0.25) is 0 Å². The van der Waals surface area contributed by atoms with Crippen molar-refractivity contribution in [3.8, 4) is 0 Å². The molecule has 0 bridgehead atoms. The fraction of sp³-hybridized carbons (Fsp3) is 0.440. The summed E-state index contributed by atoms with van der Waals surface area (Å²) >= 11 is 0. The molecule has 4 atom stereocenters. The number of hydrogen-bond donors (Lipinski definition) is 1. The predicted octanol–water partition coefficient (Wildman–Crippen LogP) is 3.74. The molecule has 3 fully saturated rings. The van der Waals surface area contributed by atoms with E-state index in [-0.39, 0.29) is 30.3 Å². The Labute approximate surface area is 186 Å². The highest BCUT2D eigenvalue weighted by Gasteiger charge is 2.57. The van der Waals surface area contributed by atoms with E-state index in [9.17, 15) is 14.0 Å². The van der Waals surface area contributed by atoms with Crippen molar-refractivity contribution in [2.75, 3.05) is 13.2 Å². The van der Waals surface area contributed by atoms with Crippen molar-refractivity contribution in [1.82, 2.24) is 10.2 Å². The Morgan fingerprint density at radius 2 is 1.97 bits per heavy atom. The van der Waals surface area contributed by atoms with Gasteiger partial charge in [0.25, 0.3) is 0 Å². The van der Waals surface area contributed by atoms with Crippen LogP contribution in [0, 0.1) is 24.6 Å². The molecule has 0 radical (unpaired) electrons. The zero-order valence-electron chi connectivity index (χ0n) is 18.0. The Morgan fingerprint density at radius 1 is 1.19 bits per heavy atom. The summed E-state index contributed by atoms with van der Waals surface area (Å²) in [6, 6.07) is 13.5. The molecule has 2 aromatic carbocycles. The van der Waals surface area contributed by atoms with Gasteiger partial charge in [-0.05, 0) is 42.9 Å². The first kappa shape index (κ1) is 20.9. The summed E-state index contributed by atoms with van der Waals surface area (Å²) in [5, 5.41) is 3.03. The molecule has 2 heterocycles. The molecule has 1 aliphatic carbocycles. The Morgan fingerprint density at radius 3 is 2.66 bits per heavy atom. The number of hydrogen-bond acceptors (Lipinski definition) is 4. The number of piperidine rings is 1. The number of likely N-dealkylation sites (tertiary alicyclic amines) is 1. The Hall–Kier alpha value is -2.93. The number of amides is 2. The molecule has 2 aliphatic heterocycles. The van der Waals surface area contributed by atoms with Crippen LogP contribution in [0.3, 0.4) is 0 Å². The van der Waals surface area contributed by atoms with Crippen molar-refractivity contribution in [3.63, 3.8) is 0 Å². The third kappa shape index (κ3) is 4.09. The van der Waals surface area contributed by atoms with Crippen molar-refractivity contribution >= 4 is 12.0 Å². The molecule has 2 aromatic rings. The van der Waals surface area contributed by atoms with Gasteiger partial charge in [-0.15, -0.1) is 0 Å². The van der Waals surface area contributed by atoms with E-state index < -0.39 is 18.2 Å². The summed E-state index contributed by atoms with van der Waals surface area (Å²) in [7, 11) is 0. The third-order valence-corrected chi connectivity index (χ3v) is 6.75. The number of halogens is 1. The van der Waals surface area contributed by atoms with Gasteiger partial charge in [-0.3, -0.25) is 9.69 Å². The van der Waals surface area contributed by atoms with Crippen molar-refractivity contribution < 1.29 is 23.5 Å². The van der Waals surface area contributed by atoms with Gasteiger partial charge in [-0.25, -0.2) is 9.18 Å². The third-order valence-electron chi connectivity index (χ3n) is 6.75. The van der Waals surface area contributed by atoms with Gasteiger partial charge in [0.05, 0.1) is 19.3 Å². The van der Waals surface area contributed by atoms with E-state index in [1.165, 1.54) is 6.07 Å². The van der Waals surface area contributed by atoms with Crippen LogP contribution in [-0.2, 0) is 20.9 Å². The highest BCUT2D eigenvalue weighted by molar-refractivity contribution is 5.87. The predicted molar refractivity (Wildman–Crippen MR) is 115 cm³/mol. The minimum atomic E-state index is -0.598. The van der Waals surface area contributed by atoms with Gasteiger partial charge in [0, 0.05) is 17.5 Å². The molecule has 1 unspecified atom stereocenters. The number of ether oxygens (including phenoxy) is 2. The lowest BCUT2D eigenvalue weighted by Crippen LogP contribution is -2.51. The van der Waals surface area contributed by atoms with Crippen LogP contribution in [0.4, 0.5) is 9.18 Å². The molecule has 2 amide bonds. The Bertz CT molecular complexity index is 1010. The smallest absolute Gasteiger partial charge is 0.411 e. The molecule has 0 aromatic heterocycles. The molecule has 168 valence electrons. The van der Waals surface area contributed by atoms with Crippen molar-refractivity contribution in [2.45, 2.75) is 44.5 Å². The zero-order valence-corrected chi connectivity index (χ0v) is 18.0. The summed E-state index contributed by atoms with van der Waals surface area (Å²) in [4.78, 5) is 27.7. The first-order chi connectivity index (χ1) is 15.5. The standard InChI is InChI=1S/C25H27FN2O4/c1-15-7-8-19(20(26)9-15)23(18-13-31-14-18)27-24(29)22-11-17-10-21(17)28(22)25(30)32-12-16-5-3-2-4-6-16/h2-9,17-18,21-23H,10-14H2,1H3,(H,27,29)/t17-,21-,22?,23-/m1/s1. The number of fused-ring (bicyclic) bond motifs is 1. The molecule has 0 spiro atoms. The summed E-state index contributed by atoms with van der Waals surface area (Å²) in [6.45, 7) is 2.93. The summed E-state index contributed by atoms with van der Waals surface area (Å²) in [5.41, 5.74) is 2.18. The minimum Gasteiger partial charge on any atom is -0.445 e. The van der Waals surface area contributed by atoms with Crippen LogP contribution in [0.15, 0.2) is 48.5 Å². The minimum absolute atomic E-state index is 0.00516. The number of nitrogens with zero attached hydrogens (tertiary/aromatic N) is 1. The van der Waals surface area contributed by atoms with Crippen LogP contribution in [-0.4, -0.2) is 42.2 Å². The van der Waals surface area contributed by atoms with E-state index in [1.807, 2.05) is 43.3 Å². The number of carbonyl (C=O) groups excluding carboxylic acids is 2. The van der Waals surface area contributed by atoms with Crippen molar-refractivity contribution in [2.24, 2.45) is 11.8 Å². The molecule has 5 rings (SSSR count). The van der Waals surface area contributed by atoms with Gasteiger partial charge >= 0.3 is 6.09 Å². The van der Waals surface area contributed by atoms with Crippen LogP contribution in [0.25, 0.3) is 0 Å². The quantitative estimate of drug-likeness (QED) is 0.746. The summed E-state index contributed by atoms with van der Waals surface area (Å²) in [6.07, 6.45) is 1.04. The van der Waals surface area contributed by atoms with E-state index in [2.05, 4.69) is 5.32 Å². The summed E-state index contributed by atoms with van der Waals surface area (Å²) < 4.78 is 25.5. The lowest BCUT2D eigenvalue weighted by molar-refractivity contribution is -0.129. The first-order valence-corrected chi connectivity index (χ1v) is 11.1. The van der Waals surface area contributed by atoms with Crippen LogP contribution in [0.5, 0.6) is 0 Å². The second-order valence-electron chi connectivity index (χ2n) is 9.07. The normalized spacial score (nSPS) is 24.9. The van der Waals surface area contributed by atoms with Gasteiger partial charge < -0.3 is 14.8 Å². The average Bonchev–Trinajstić information content (AvgIpc) is 3.40. The zero-order chi connectivity index (χ0) is 22.2. The van der Waals surface area contributed by atoms with Crippen LogP contribution in [0.1, 0.15) is 35.6 Å². The fourth-order valence-electron chi connectivity index (χ4n) is 4.78. The van der Waals surface area contributed by atoms with Crippen LogP contribution < -0.4 is 5.32 Å². The maximum atomic E-state index is 14.7. The summed E-state index contributed by atoms with van der Waals surface area (Å²) in [5.74, 6) is -0.261. The molecule has 6 nitrogen and oxygen atoms in total. The van der Waals surface area contributed by atoms with Gasteiger partial charge in [-0.2, -0.15) is 0 Å². The molecule has 2 saturated heterocycles. The molecular formula is C25H27FN2O4. The lowest BCUT2D eigenvalue weighted by atomic mass is 9.90. The molecule has 1 saturated carbocycles. The largest absolute Gasteiger partial charge is 0.445 e. The van der Waals surface area contributed by atoms with Crippen LogP contribution >= 0.6 is 0 Å². The molecule has 32 heavy (non-hydrogen) atoms. The van der Waals surface area contributed by atoms with E-state index in [1.54, 1.807) is 11.0 Å². The molecule has 7 heteroatoms. The highest BCUT2D eigenvalue weighted by atomic mass is 19.1. The number of aryl methyl sites for hydroxylation is 1. The number of nitrogens with one attached hydrogen (secondary N) is 1. The molecule has 1 N–H and O–H groups in total. The average molecular weight is 438 g/mol. The first-order valence-electron chi connectivity index (χ1n) is 11.1.